The highest BCUT2D eigenvalue weighted by Crippen LogP contribution is 2.54. The molecule has 0 unspecified atom stereocenters. The first-order chi connectivity index (χ1) is 10.6. The van der Waals surface area contributed by atoms with E-state index in [4.69, 9.17) is 9.47 Å². The van der Waals surface area contributed by atoms with Gasteiger partial charge in [0.25, 0.3) is 0 Å². The number of ketones is 1. The number of ether oxygens (including phenoxy) is 2. The van der Waals surface area contributed by atoms with Crippen LogP contribution in [0.25, 0.3) is 0 Å². The second kappa shape index (κ2) is 6.40. The fraction of sp³-hybridized carbons (Fsp3) is 0.889. The van der Waals surface area contributed by atoms with E-state index in [1.54, 1.807) is 0 Å². The SMILES string of the molecule is C[C@@H]1CC(=O)C[C@H](CCCC=O)[C@@]1(C)[C@@H]1C[C@H]2CCO[C@H]2O1. The van der Waals surface area contributed by atoms with Crippen molar-refractivity contribution < 1.29 is 19.1 Å². The Hall–Kier alpha value is -0.740. The summed E-state index contributed by atoms with van der Waals surface area (Å²) in [7, 11) is 0. The van der Waals surface area contributed by atoms with Crippen molar-refractivity contribution in [3.63, 3.8) is 0 Å². The Bertz CT molecular complexity index is 423. The van der Waals surface area contributed by atoms with Crippen molar-refractivity contribution in [1.82, 2.24) is 0 Å². The molecule has 4 nitrogen and oxygen atoms in total. The van der Waals surface area contributed by atoms with E-state index < -0.39 is 0 Å². The quantitative estimate of drug-likeness (QED) is 0.578. The highest BCUT2D eigenvalue weighted by atomic mass is 16.7. The van der Waals surface area contributed by atoms with Gasteiger partial charge in [-0.25, -0.2) is 0 Å². The van der Waals surface area contributed by atoms with Gasteiger partial charge in [0, 0.05) is 30.6 Å². The summed E-state index contributed by atoms with van der Waals surface area (Å²) in [4.78, 5) is 22.7. The molecule has 2 saturated heterocycles. The maximum Gasteiger partial charge on any atom is 0.160 e. The maximum atomic E-state index is 12.1. The Kier molecular flexibility index (Phi) is 4.69. The van der Waals surface area contributed by atoms with Crippen LogP contribution in [0.15, 0.2) is 0 Å². The molecule has 3 fully saturated rings. The van der Waals surface area contributed by atoms with Gasteiger partial charge in [-0.15, -0.1) is 0 Å². The molecule has 22 heavy (non-hydrogen) atoms. The third kappa shape index (κ3) is 2.76. The predicted molar refractivity (Wildman–Crippen MR) is 82.3 cm³/mol. The summed E-state index contributed by atoms with van der Waals surface area (Å²) in [5.41, 5.74) is 0.0183. The Morgan fingerprint density at radius 3 is 2.91 bits per heavy atom. The third-order valence-corrected chi connectivity index (χ3v) is 6.49. The van der Waals surface area contributed by atoms with Crippen LogP contribution in [0.4, 0.5) is 0 Å². The summed E-state index contributed by atoms with van der Waals surface area (Å²) in [6, 6.07) is 0. The summed E-state index contributed by atoms with van der Waals surface area (Å²) < 4.78 is 12.0. The zero-order chi connectivity index (χ0) is 15.7. The molecule has 0 spiro atoms. The van der Waals surface area contributed by atoms with E-state index in [0.29, 0.717) is 42.8 Å². The lowest BCUT2D eigenvalue weighted by molar-refractivity contribution is -0.173. The first-order valence-corrected chi connectivity index (χ1v) is 8.78. The van der Waals surface area contributed by atoms with Gasteiger partial charge in [0.05, 0.1) is 12.7 Å². The number of carbonyl (C=O) groups excluding carboxylic acids is 2. The monoisotopic (exact) mass is 308 g/mol. The smallest absolute Gasteiger partial charge is 0.160 e. The van der Waals surface area contributed by atoms with Crippen LogP contribution >= 0.6 is 0 Å². The summed E-state index contributed by atoms with van der Waals surface area (Å²) in [5.74, 6) is 1.56. The van der Waals surface area contributed by atoms with Crippen molar-refractivity contribution in [1.29, 1.82) is 0 Å². The molecule has 0 N–H and O–H groups in total. The summed E-state index contributed by atoms with van der Waals surface area (Å²) in [6.07, 6.45) is 7.03. The second-order valence-corrected chi connectivity index (χ2v) is 7.66. The number of carbonyl (C=O) groups is 2. The molecule has 3 aliphatic rings. The number of unbranched alkanes of at least 4 members (excludes halogenated alkanes) is 1. The number of fused-ring (bicyclic) bond motifs is 1. The Balaban J connectivity index is 1.76. The van der Waals surface area contributed by atoms with Gasteiger partial charge in [-0.05, 0) is 37.5 Å². The minimum absolute atomic E-state index is 0.0183. The summed E-state index contributed by atoms with van der Waals surface area (Å²) >= 11 is 0. The molecular formula is C18H28O4. The van der Waals surface area contributed by atoms with Crippen LogP contribution in [0.2, 0.25) is 0 Å². The van der Waals surface area contributed by atoms with Crippen molar-refractivity contribution in [3.05, 3.63) is 0 Å². The normalized spacial score (nSPS) is 45.0. The Morgan fingerprint density at radius 2 is 2.18 bits per heavy atom. The average Bonchev–Trinajstić information content (AvgIpc) is 3.05. The molecule has 4 heteroatoms. The molecule has 1 saturated carbocycles. The van der Waals surface area contributed by atoms with Crippen LogP contribution < -0.4 is 0 Å². The van der Waals surface area contributed by atoms with E-state index in [1.807, 2.05) is 0 Å². The molecule has 0 bridgehead atoms. The van der Waals surface area contributed by atoms with Gasteiger partial charge in [-0.1, -0.05) is 13.8 Å². The van der Waals surface area contributed by atoms with Crippen LogP contribution in [-0.2, 0) is 19.1 Å². The van der Waals surface area contributed by atoms with E-state index in [-0.39, 0.29) is 17.8 Å². The highest BCUT2D eigenvalue weighted by Gasteiger charge is 2.54. The van der Waals surface area contributed by atoms with Crippen molar-refractivity contribution in [2.75, 3.05) is 6.61 Å². The lowest BCUT2D eigenvalue weighted by Crippen LogP contribution is -2.49. The molecule has 124 valence electrons. The summed E-state index contributed by atoms with van der Waals surface area (Å²) in [5, 5.41) is 0. The first kappa shape index (κ1) is 16.1. The van der Waals surface area contributed by atoms with E-state index >= 15 is 0 Å². The fourth-order valence-electron chi connectivity index (χ4n) is 4.86. The second-order valence-electron chi connectivity index (χ2n) is 7.66. The molecule has 0 aromatic carbocycles. The number of aldehydes is 1. The predicted octanol–water partition coefficient (Wildman–Crippen LogP) is 3.13. The van der Waals surface area contributed by atoms with Gasteiger partial charge in [0.2, 0.25) is 0 Å². The topological polar surface area (TPSA) is 52.6 Å². The van der Waals surface area contributed by atoms with Crippen molar-refractivity contribution in [2.24, 2.45) is 23.2 Å². The maximum absolute atomic E-state index is 12.1. The molecular weight excluding hydrogens is 280 g/mol. The molecule has 0 radical (unpaired) electrons. The summed E-state index contributed by atoms with van der Waals surface area (Å²) in [6.45, 7) is 5.32. The van der Waals surface area contributed by atoms with E-state index in [9.17, 15) is 9.59 Å². The Morgan fingerprint density at radius 1 is 1.36 bits per heavy atom. The van der Waals surface area contributed by atoms with E-state index in [0.717, 1.165) is 38.6 Å². The van der Waals surface area contributed by atoms with Crippen molar-refractivity contribution in [3.8, 4) is 0 Å². The molecule has 6 atom stereocenters. The fourth-order valence-corrected chi connectivity index (χ4v) is 4.86. The van der Waals surface area contributed by atoms with Gasteiger partial charge < -0.3 is 14.3 Å². The van der Waals surface area contributed by atoms with E-state index in [1.165, 1.54) is 0 Å². The van der Waals surface area contributed by atoms with Crippen LogP contribution in [0, 0.1) is 23.2 Å². The lowest BCUT2D eigenvalue weighted by atomic mass is 9.57. The molecule has 2 heterocycles. The molecule has 0 amide bonds. The molecule has 0 aromatic rings. The third-order valence-electron chi connectivity index (χ3n) is 6.49. The highest BCUT2D eigenvalue weighted by molar-refractivity contribution is 5.80. The Labute approximate surface area is 132 Å². The zero-order valence-corrected chi connectivity index (χ0v) is 13.8. The number of Topliss-reactive ketones (excluding diaryl/α,β-unsaturated/α-hetero) is 1. The average molecular weight is 308 g/mol. The molecule has 3 rings (SSSR count). The molecule has 2 aliphatic heterocycles. The molecule has 1 aliphatic carbocycles. The largest absolute Gasteiger partial charge is 0.352 e. The van der Waals surface area contributed by atoms with Gasteiger partial charge in [0.15, 0.2) is 6.29 Å². The van der Waals surface area contributed by atoms with Crippen LogP contribution in [-0.4, -0.2) is 31.1 Å². The molecule has 0 aromatic heterocycles. The lowest BCUT2D eigenvalue weighted by Gasteiger charge is -2.49. The van der Waals surface area contributed by atoms with Crippen LogP contribution in [0.3, 0.4) is 0 Å². The van der Waals surface area contributed by atoms with Gasteiger partial charge in [-0.3, -0.25) is 4.79 Å². The number of hydrogen-bond acceptors (Lipinski definition) is 4. The zero-order valence-electron chi connectivity index (χ0n) is 13.8. The minimum Gasteiger partial charge on any atom is -0.352 e. The number of hydrogen-bond donors (Lipinski definition) is 0. The van der Waals surface area contributed by atoms with Gasteiger partial charge in [0.1, 0.15) is 12.1 Å². The van der Waals surface area contributed by atoms with Crippen LogP contribution in [0.1, 0.15) is 58.8 Å². The van der Waals surface area contributed by atoms with Gasteiger partial charge >= 0.3 is 0 Å². The van der Waals surface area contributed by atoms with Crippen molar-refractivity contribution in [2.45, 2.75) is 71.2 Å². The van der Waals surface area contributed by atoms with Gasteiger partial charge in [-0.2, -0.15) is 0 Å². The van der Waals surface area contributed by atoms with Crippen LogP contribution in [0.5, 0.6) is 0 Å². The standard InChI is InChI=1S/C18H28O4/c1-12-9-15(20)11-14(5-3-4-7-19)18(12,2)16-10-13-6-8-21-17(13)22-16/h7,12-14,16-17H,3-6,8-11H2,1-2H3/t12-,13-,14+,16+,17+,18+/m1/s1. The van der Waals surface area contributed by atoms with Crippen molar-refractivity contribution >= 4 is 12.1 Å². The number of rotatable bonds is 5. The van der Waals surface area contributed by atoms with E-state index in [2.05, 4.69) is 13.8 Å². The minimum atomic E-state index is -0.0257. The first-order valence-electron chi connectivity index (χ1n) is 8.78.